The van der Waals surface area contributed by atoms with Crippen LogP contribution in [0, 0.1) is 5.82 Å². The van der Waals surface area contributed by atoms with E-state index in [0.717, 1.165) is 0 Å². The minimum Gasteiger partial charge on any atom is -0.494 e. The summed E-state index contributed by atoms with van der Waals surface area (Å²) in [6.07, 6.45) is 0. The van der Waals surface area contributed by atoms with Gasteiger partial charge in [0.1, 0.15) is 17.2 Å². The highest BCUT2D eigenvalue weighted by molar-refractivity contribution is 6.39. The van der Waals surface area contributed by atoms with Crippen LogP contribution in [-0.4, -0.2) is 32.1 Å². The molecule has 2 rings (SSSR count). The molecule has 0 aliphatic rings. The number of benzene rings is 2. The van der Waals surface area contributed by atoms with Crippen LogP contribution in [0.25, 0.3) is 0 Å². The summed E-state index contributed by atoms with van der Waals surface area (Å²) in [6, 6.07) is 12.8. The molecule has 0 heterocycles. The molecule has 0 spiro atoms. The first-order chi connectivity index (χ1) is 12.9. The molecule has 144 valence electrons. The van der Waals surface area contributed by atoms with Gasteiger partial charge in [-0.05, 0) is 44.2 Å². The third-order valence-electron chi connectivity index (χ3n) is 4.11. The van der Waals surface area contributed by atoms with Gasteiger partial charge in [-0.1, -0.05) is 18.2 Å². The van der Waals surface area contributed by atoms with Crippen molar-refractivity contribution >= 4 is 17.5 Å². The first-order valence-corrected chi connectivity index (χ1v) is 8.52. The van der Waals surface area contributed by atoms with E-state index in [1.807, 2.05) is 6.92 Å². The second-order valence-corrected chi connectivity index (χ2v) is 6.01. The molecule has 0 aromatic heterocycles. The number of hydrogen-bond acceptors (Lipinski definition) is 4. The van der Waals surface area contributed by atoms with Gasteiger partial charge >= 0.3 is 11.8 Å². The lowest BCUT2D eigenvalue weighted by atomic mass is 9.95. The van der Waals surface area contributed by atoms with Crippen LogP contribution in [0.2, 0.25) is 0 Å². The Kier molecular flexibility index (Phi) is 6.90. The molecule has 0 radical (unpaired) electrons. The van der Waals surface area contributed by atoms with Gasteiger partial charge in [0.05, 0.1) is 13.2 Å². The van der Waals surface area contributed by atoms with Crippen LogP contribution in [0.4, 0.5) is 10.1 Å². The van der Waals surface area contributed by atoms with Crippen molar-refractivity contribution in [3.05, 3.63) is 59.9 Å². The van der Waals surface area contributed by atoms with Crippen molar-refractivity contribution in [1.82, 2.24) is 5.32 Å². The zero-order chi connectivity index (χ0) is 19.9. The van der Waals surface area contributed by atoms with Crippen molar-refractivity contribution in [3.63, 3.8) is 0 Å². The zero-order valence-electron chi connectivity index (χ0n) is 15.5. The van der Waals surface area contributed by atoms with Gasteiger partial charge in [-0.25, -0.2) is 4.39 Å². The van der Waals surface area contributed by atoms with Gasteiger partial charge in [0.2, 0.25) is 0 Å². The fourth-order valence-corrected chi connectivity index (χ4v) is 2.49. The molecule has 0 saturated heterocycles. The van der Waals surface area contributed by atoms with Gasteiger partial charge in [-0.3, -0.25) is 9.59 Å². The molecule has 0 fully saturated rings. The van der Waals surface area contributed by atoms with Crippen LogP contribution in [0.15, 0.2) is 48.5 Å². The fourth-order valence-electron chi connectivity index (χ4n) is 2.49. The molecular weight excluding hydrogens is 351 g/mol. The molecule has 0 aliphatic heterocycles. The first-order valence-electron chi connectivity index (χ1n) is 8.52. The van der Waals surface area contributed by atoms with Crippen LogP contribution >= 0.6 is 0 Å². The van der Waals surface area contributed by atoms with Gasteiger partial charge in [0.25, 0.3) is 0 Å². The monoisotopic (exact) mass is 374 g/mol. The lowest BCUT2D eigenvalue weighted by molar-refractivity contribution is -0.137. The van der Waals surface area contributed by atoms with Crippen molar-refractivity contribution in [2.75, 3.05) is 25.6 Å². The molecule has 0 unspecified atom stereocenters. The molecule has 0 saturated carbocycles. The van der Waals surface area contributed by atoms with Crippen molar-refractivity contribution in [2.45, 2.75) is 19.4 Å². The predicted molar refractivity (Wildman–Crippen MR) is 100 cm³/mol. The molecule has 2 aromatic rings. The molecule has 27 heavy (non-hydrogen) atoms. The Morgan fingerprint density at radius 3 is 2.33 bits per heavy atom. The Labute approximate surface area is 157 Å². The number of hydrogen-bond donors (Lipinski definition) is 2. The third-order valence-corrected chi connectivity index (χ3v) is 4.11. The SMILES string of the molecule is CCOc1ccc(NC(=O)C(=O)NC[C@](C)(OC)c2ccccc2F)cc1. The highest BCUT2D eigenvalue weighted by Crippen LogP contribution is 2.26. The summed E-state index contributed by atoms with van der Waals surface area (Å²) in [5, 5.41) is 4.98. The Morgan fingerprint density at radius 2 is 1.74 bits per heavy atom. The predicted octanol–water partition coefficient (Wildman–Crippen LogP) is 2.84. The van der Waals surface area contributed by atoms with E-state index in [4.69, 9.17) is 9.47 Å². The van der Waals surface area contributed by atoms with Crippen molar-refractivity contribution in [1.29, 1.82) is 0 Å². The van der Waals surface area contributed by atoms with E-state index in [1.54, 1.807) is 49.4 Å². The van der Waals surface area contributed by atoms with E-state index in [1.165, 1.54) is 13.2 Å². The highest BCUT2D eigenvalue weighted by atomic mass is 19.1. The number of halogens is 1. The largest absolute Gasteiger partial charge is 0.494 e. The first kappa shape index (κ1) is 20.4. The summed E-state index contributed by atoms with van der Waals surface area (Å²) in [4.78, 5) is 24.2. The summed E-state index contributed by atoms with van der Waals surface area (Å²) >= 11 is 0. The number of ether oxygens (including phenoxy) is 2. The number of amides is 2. The van der Waals surface area contributed by atoms with Gasteiger partial charge in [-0.2, -0.15) is 0 Å². The van der Waals surface area contributed by atoms with Gasteiger partial charge in [-0.15, -0.1) is 0 Å². The molecule has 7 heteroatoms. The van der Waals surface area contributed by atoms with Crippen LogP contribution in [0.3, 0.4) is 0 Å². The summed E-state index contributed by atoms with van der Waals surface area (Å²) in [5.41, 5.74) is -0.359. The van der Waals surface area contributed by atoms with Crippen LogP contribution in [0.5, 0.6) is 5.75 Å². The topological polar surface area (TPSA) is 76.7 Å². The van der Waals surface area contributed by atoms with Gasteiger partial charge in [0.15, 0.2) is 0 Å². The van der Waals surface area contributed by atoms with E-state index < -0.39 is 23.2 Å². The van der Waals surface area contributed by atoms with Gasteiger partial charge in [0, 0.05) is 18.4 Å². The number of methoxy groups -OCH3 is 1. The smallest absolute Gasteiger partial charge is 0.313 e. The van der Waals surface area contributed by atoms with Crippen LogP contribution in [0.1, 0.15) is 19.4 Å². The second-order valence-electron chi connectivity index (χ2n) is 6.01. The van der Waals surface area contributed by atoms with Crippen LogP contribution < -0.4 is 15.4 Å². The van der Waals surface area contributed by atoms with E-state index in [-0.39, 0.29) is 6.54 Å². The summed E-state index contributed by atoms with van der Waals surface area (Å²) < 4.78 is 24.8. The Bertz CT molecular complexity index is 795. The quantitative estimate of drug-likeness (QED) is 0.731. The normalized spacial score (nSPS) is 12.7. The number of carbonyl (C=O) groups is 2. The molecule has 6 nitrogen and oxygen atoms in total. The van der Waals surface area contributed by atoms with Crippen LogP contribution in [-0.2, 0) is 19.9 Å². The standard InChI is InChI=1S/C20H23FN2O4/c1-4-27-15-11-9-14(10-12-15)23-19(25)18(24)22-13-20(2,26-3)16-7-5-6-8-17(16)21/h5-12H,4,13H2,1-3H3,(H,22,24)(H,23,25)/t20-/m0/s1. The maximum Gasteiger partial charge on any atom is 0.313 e. The third kappa shape index (κ3) is 5.27. The Morgan fingerprint density at radius 1 is 1.07 bits per heavy atom. The van der Waals surface area contributed by atoms with E-state index >= 15 is 0 Å². The molecule has 0 bridgehead atoms. The van der Waals surface area contributed by atoms with Crippen molar-refractivity contribution in [3.8, 4) is 5.75 Å². The number of nitrogens with one attached hydrogen (secondary N) is 2. The average Bonchev–Trinajstić information content (AvgIpc) is 2.68. The Balaban J connectivity index is 1.97. The number of carbonyl (C=O) groups excluding carboxylic acids is 2. The van der Waals surface area contributed by atoms with Crippen molar-refractivity contribution < 1.29 is 23.5 Å². The second kappa shape index (κ2) is 9.14. The lowest BCUT2D eigenvalue weighted by Crippen LogP contribution is -2.44. The van der Waals surface area contributed by atoms with Gasteiger partial charge < -0.3 is 20.1 Å². The molecular formula is C20H23FN2O4. The lowest BCUT2D eigenvalue weighted by Gasteiger charge is -2.29. The molecule has 2 N–H and O–H groups in total. The minimum atomic E-state index is -1.11. The van der Waals surface area contributed by atoms with E-state index in [9.17, 15) is 14.0 Å². The molecule has 2 amide bonds. The number of rotatable bonds is 7. The molecule has 1 atom stereocenters. The summed E-state index contributed by atoms with van der Waals surface area (Å²) in [6.45, 7) is 3.97. The summed E-state index contributed by atoms with van der Waals surface area (Å²) in [5.74, 6) is -1.45. The summed E-state index contributed by atoms with van der Waals surface area (Å²) in [7, 11) is 1.42. The Hall–Kier alpha value is -2.93. The molecule has 2 aromatic carbocycles. The highest BCUT2D eigenvalue weighted by Gasteiger charge is 2.30. The van der Waals surface area contributed by atoms with E-state index in [0.29, 0.717) is 23.6 Å². The fraction of sp³-hybridized carbons (Fsp3) is 0.300. The van der Waals surface area contributed by atoms with E-state index in [2.05, 4.69) is 10.6 Å². The maximum absolute atomic E-state index is 14.0. The zero-order valence-corrected chi connectivity index (χ0v) is 15.5. The number of anilines is 1. The van der Waals surface area contributed by atoms with Crippen molar-refractivity contribution in [2.24, 2.45) is 0 Å². The average molecular weight is 374 g/mol. The maximum atomic E-state index is 14.0. The minimum absolute atomic E-state index is 0.0695. The molecule has 0 aliphatic carbocycles.